The number of carbonyl (C=O) groups excluding carboxylic acids is 2. The van der Waals surface area contributed by atoms with Crippen LogP contribution in [-0.4, -0.2) is 68.5 Å². The highest BCUT2D eigenvalue weighted by Gasteiger charge is 2.43. The summed E-state index contributed by atoms with van der Waals surface area (Å²) in [5.41, 5.74) is 1.97. The average molecular weight is 485 g/mol. The molecule has 4 rings (SSSR count). The number of likely N-dealkylation sites (tertiary alicyclic amines) is 2. The number of benzene rings is 2. The van der Waals surface area contributed by atoms with Gasteiger partial charge in [-0.2, -0.15) is 0 Å². The molecule has 2 aliphatic rings. The summed E-state index contributed by atoms with van der Waals surface area (Å²) in [5, 5.41) is 10.9. The van der Waals surface area contributed by atoms with Crippen LogP contribution in [0.25, 0.3) is 0 Å². The molecule has 8 heteroatoms. The van der Waals surface area contributed by atoms with Gasteiger partial charge < -0.3 is 19.3 Å². The van der Waals surface area contributed by atoms with Crippen molar-refractivity contribution in [3.63, 3.8) is 0 Å². The summed E-state index contributed by atoms with van der Waals surface area (Å²) in [6.07, 6.45) is 1.35. The molecular formula is C26H32N2O5S. The second kappa shape index (κ2) is 11.3. The Balaban J connectivity index is 1.36. The highest BCUT2D eigenvalue weighted by atomic mass is 32.2. The van der Waals surface area contributed by atoms with E-state index in [0.717, 1.165) is 24.0 Å². The van der Waals surface area contributed by atoms with Gasteiger partial charge in [0.05, 0.1) is 6.04 Å². The first-order valence-corrected chi connectivity index (χ1v) is 13.2. The number of hydrogen-bond acceptors (Lipinski definition) is 5. The van der Waals surface area contributed by atoms with Crippen LogP contribution in [0.1, 0.15) is 36.8 Å². The minimum Gasteiger partial charge on any atom is -0.611 e. The summed E-state index contributed by atoms with van der Waals surface area (Å²) in [4.78, 5) is 30.0. The number of carbonyl (C=O) groups is 2. The van der Waals surface area contributed by atoms with Crippen molar-refractivity contribution in [3.8, 4) is 0 Å². The van der Waals surface area contributed by atoms with Gasteiger partial charge in [-0.3, -0.25) is 9.69 Å². The maximum absolute atomic E-state index is 13.4. The first-order chi connectivity index (χ1) is 16.4. The smallest absolute Gasteiger partial charge is 0.410 e. The Bertz CT molecular complexity index is 971. The third-order valence-electron chi connectivity index (χ3n) is 6.61. The number of rotatable bonds is 7. The fourth-order valence-electron chi connectivity index (χ4n) is 4.75. The molecule has 0 spiro atoms. The van der Waals surface area contributed by atoms with Crippen LogP contribution in [0.3, 0.4) is 0 Å². The van der Waals surface area contributed by atoms with Gasteiger partial charge in [0.15, 0.2) is 4.90 Å². The molecule has 34 heavy (non-hydrogen) atoms. The average Bonchev–Trinajstić information content (AvgIpc) is 3.53. The zero-order valence-corrected chi connectivity index (χ0v) is 20.3. The lowest BCUT2D eigenvalue weighted by atomic mass is 10.1. The molecule has 0 aromatic heterocycles. The lowest BCUT2D eigenvalue weighted by Gasteiger charge is -2.33. The maximum Gasteiger partial charge on any atom is 0.410 e. The highest BCUT2D eigenvalue weighted by Crippen LogP contribution is 2.28. The molecule has 0 radical (unpaired) electrons. The number of aliphatic hydroxyl groups excluding tert-OH is 1. The first-order valence-electron chi connectivity index (χ1n) is 11.8. The second-order valence-corrected chi connectivity index (χ2v) is 10.5. The van der Waals surface area contributed by atoms with E-state index in [0.29, 0.717) is 30.8 Å². The fraction of sp³-hybridized carbons (Fsp3) is 0.462. The summed E-state index contributed by atoms with van der Waals surface area (Å²) in [5.74, 6) is -0.0813. The first kappa shape index (κ1) is 24.6. The van der Waals surface area contributed by atoms with E-state index in [-0.39, 0.29) is 18.3 Å². The summed E-state index contributed by atoms with van der Waals surface area (Å²) in [7, 11) is 0. The van der Waals surface area contributed by atoms with Crippen LogP contribution in [0.4, 0.5) is 4.79 Å². The molecule has 0 aliphatic carbocycles. The van der Waals surface area contributed by atoms with Crippen LogP contribution >= 0.6 is 0 Å². The number of hydrogen-bond donors (Lipinski definition) is 1. The van der Waals surface area contributed by atoms with Crippen LogP contribution in [-0.2, 0) is 27.3 Å². The minimum absolute atomic E-state index is 0.0744. The van der Waals surface area contributed by atoms with Gasteiger partial charge in [-0.25, -0.2) is 4.79 Å². The predicted octanol–water partition coefficient (Wildman–Crippen LogP) is 3.26. The van der Waals surface area contributed by atoms with Crippen molar-refractivity contribution in [2.45, 2.75) is 62.3 Å². The molecule has 1 N–H and O–H groups in total. The van der Waals surface area contributed by atoms with E-state index in [1.54, 1.807) is 4.90 Å². The molecule has 4 atom stereocenters. The van der Waals surface area contributed by atoms with Gasteiger partial charge in [0.1, 0.15) is 24.5 Å². The Morgan fingerprint density at radius 3 is 2.47 bits per heavy atom. The van der Waals surface area contributed by atoms with Crippen LogP contribution in [0.2, 0.25) is 0 Å². The van der Waals surface area contributed by atoms with Gasteiger partial charge in [0.2, 0.25) is 5.91 Å². The quantitative estimate of drug-likeness (QED) is 0.609. The van der Waals surface area contributed by atoms with Crippen LogP contribution < -0.4 is 0 Å². The number of aliphatic hydroxyl groups is 1. The number of amides is 2. The molecule has 2 aromatic rings. The van der Waals surface area contributed by atoms with Crippen LogP contribution in [0.15, 0.2) is 59.5 Å². The molecular weight excluding hydrogens is 452 g/mol. The third-order valence-corrected chi connectivity index (χ3v) is 8.05. The van der Waals surface area contributed by atoms with Crippen LogP contribution in [0.5, 0.6) is 0 Å². The molecule has 182 valence electrons. The van der Waals surface area contributed by atoms with E-state index >= 15 is 0 Å². The molecule has 2 amide bonds. The second-order valence-electron chi connectivity index (χ2n) is 9.03. The molecule has 2 heterocycles. The monoisotopic (exact) mass is 484 g/mol. The Kier molecular flexibility index (Phi) is 8.13. The van der Waals surface area contributed by atoms with Crippen molar-refractivity contribution >= 4 is 23.2 Å². The zero-order chi connectivity index (χ0) is 24.1. The standard InChI is InChI=1S/C26H32N2O5S/c1-19-11-13-21(14-12-19)34(32)18-24(29)22-9-5-15-27(22)25(30)23-10-6-16-28(23)26(31)33-17-20-7-3-2-4-8-20/h2-4,7-8,11-14,22-24,29H,5-6,9-10,15-18H2,1H3/t22-,23-,24?,34-/m0/s1. The SMILES string of the molecule is Cc1ccc([S@@+]([O-])CC(O)[C@@H]2CCCN2C(=O)[C@@H]2CCCN2C(=O)OCc2ccccc2)cc1. The van der Waals surface area contributed by atoms with E-state index in [1.165, 1.54) is 4.90 Å². The summed E-state index contributed by atoms with van der Waals surface area (Å²) < 4.78 is 18.2. The largest absolute Gasteiger partial charge is 0.611 e. The normalized spacial score (nSPS) is 22.0. The predicted molar refractivity (Wildman–Crippen MR) is 130 cm³/mol. The summed E-state index contributed by atoms with van der Waals surface area (Å²) in [6.45, 7) is 3.13. The van der Waals surface area contributed by atoms with E-state index in [2.05, 4.69) is 0 Å². The van der Waals surface area contributed by atoms with Crippen molar-refractivity contribution in [1.82, 2.24) is 9.80 Å². The van der Waals surface area contributed by atoms with Crippen molar-refractivity contribution in [2.24, 2.45) is 0 Å². The van der Waals surface area contributed by atoms with E-state index < -0.39 is 35.5 Å². The molecule has 2 aliphatic heterocycles. The summed E-state index contributed by atoms with van der Waals surface area (Å²) >= 11 is -1.36. The molecule has 1 unspecified atom stereocenters. The Hall–Kier alpha value is -2.55. The van der Waals surface area contributed by atoms with Crippen molar-refractivity contribution in [3.05, 3.63) is 65.7 Å². The minimum atomic E-state index is -1.36. The lowest BCUT2D eigenvalue weighted by Crippen LogP contribution is -2.52. The molecule has 0 saturated carbocycles. The molecule has 0 bridgehead atoms. The van der Waals surface area contributed by atoms with Crippen molar-refractivity contribution in [1.29, 1.82) is 0 Å². The Morgan fingerprint density at radius 2 is 1.74 bits per heavy atom. The van der Waals surface area contributed by atoms with E-state index in [9.17, 15) is 19.2 Å². The van der Waals surface area contributed by atoms with Gasteiger partial charge in [0.25, 0.3) is 0 Å². The lowest BCUT2D eigenvalue weighted by molar-refractivity contribution is -0.138. The molecule has 2 aromatic carbocycles. The van der Waals surface area contributed by atoms with Gasteiger partial charge in [-0.15, -0.1) is 0 Å². The van der Waals surface area contributed by atoms with E-state index in [4.69, 9.17) is 4.74 Å². The fourth-order valence-corrected chi connectivity index (χ4v) is 5.92. The third kappa shape index (κ3) is 5.74. The van der Waals surface area contributed by atoms with Gasteiger partial charge in [-0.05, 0) is 61.5 Å². The highest BCUT2D eigenvalue weighted by molar-refractivity contribution is 7.91. The van der Waals surface area contributed by atoms with Gasteiger partial charge >= 0.3 is 6.09 Å². The maximum atomic E-state index is 13.4. The number of nitrogens with zero attached hydrogens (tertiary/aromatic N) is 2. The van der Waals surface area contributed by atoms with Crippen molar-refractivity contribution < 1.29 is 24.0 Å². The Labute approximate surface area is 203 Å². The van der Waals surface area contributed by atoms with Gasteiger partial charge in [0, 0.05) is 13.1 Å². The molecule has 2 saturated heterocycles. The van der Waals surface area contributed by atoms with E-state index in [1.807, 2.05) is 61.5 Å². The Morgan fingerprint density at radius 1 is 1.06 bits per heavy atom. The molecule has 7 nitrogen and oxygen atoms in total. The van der Waals surface area contributed by atoms with Crippen molar-refractivity contribution in [2.75, 3.05) is 18.8 Å². The topological polar surface area (TPSA) is 93.1 Å². The number of ether oxygens (including phenoxy) is 1. The van der Waals surface area contributed by atoms with Gasteiger partial charge in [-0.1, -0.05) is 48.0 Å². The molecule has 2 fully saturated rings. The van der Waals surface area contributed by atoms with Crippen LogP contribution in [0, 0.1) is 6.92 Å². The number of aryl methyl sites for hydroxylation is 1. The zero-order valence-electron chi connectivity index (χ0n) is 19.5. The summed E-state index contributed by atoms with van der Waals surface area (Å²) in [6, 6.07) is 15.9.